The molecule has 3 N–H and O–H groups in total. The average Bonchev–Trinajstić information content (AvgIpc) is 2.71. The fraction of sp³-hybridized carbons (Fsp3) is 0.643. The monoisotopic (exact) mass is 268 g/mol. The molecule has 1 rings (SSSR count). The highest BCUT2D eigenvalue weighted by Gasteiger charge is 2.13. The van der Waals surface area contributed by atoms with Gasteiger partial charge in [-0.2, -0.15) is 0 Å². The first-order valence-electron chi connectivity index (χ1n) is 6.57. The van der Waals surface area contributed by atoms with E-state index in [9.17, 15) is 4.79 Å². The molecular weight excluding hydrogens is 244 g/mol. The summed E-state index contributed by atoms with van der Waals surface area (Å²) >= 11 is 1.69. The van der Waals surface area contributed by atoms with Crippen LogP contribution in [0.3, 0.4) is 0 Å². The Morgan fingerprint density at radius 3 is 2.72 bits per heavy atom. The lowest BCUT2D eigenvalue weighted by Gasteiger charge is -2.12. The lowest BCUT2D eigenvalue weighted by molar-refractivity contribution is -0.124. The summed E-state index contributed by atoms with van der Waals surface area (Å²) in [7, 11) is 0. The highest BCUT2D eigenvalue weighted by molar-refractivity contribution is 7.10. The van der Waals surface area contributed by atoms with Crippen LogP contribution >= 0.6 is 11.3 Å². The second-order valence-electron chi connectivity index (χ2n) is 5.05. The second-order valence-corrected chi connectivity index (χ2v) is 6.05. The van der Waals surface area contributed by atoms with Crippen LogP contribution in [0.5, 0.6) is 0 Å². The van der Waals surface area contributed by atoms with Crippen LogP contribution in [0.15, 0.2) is 11.4 Å². The quantitative estimate of drug-likeness (QED) is 0.799. The van der Waals surface area contributed by atoms with E-state index in [0.29, 0.717) is 6.54 Å². The molecule has 0 fully saturated rings. The molecule has 3 nitrogen and oxygen atoms in total. The molecule has 0 aliphatic rings. The fourth-order valence-corrected chi connectivity index (χ4v) is 2.65. The van der Waals surface area contributed by atoms with E-state index in [2.05, 4.69) is 23.7 Å². The minimum atomic E-state index is 0.0732. The van der Waals surface area contributed by atoms with E-state index in [0.717, 1.165) is 19.3 Å². The van der Waals surface area contributed by atoms with Crippen molar-refractivity contribution in [3.05, 3.63) is 21.9 Å². The second kappa shape index (κ2) is 7.54. The summed E-state index contributed by atoms with van der Waals surface area (Å²) in [4.78, 5) is 13.1. The number of hydrogen-bond donors (Lipinski definition) is 2. The van der Waals surface area contributed by atoms with Gasteiger partial charge in [0.25, 0.3) is 0 Å². The summed E-state index contributed by atoms with van der Waals surface area (Å²) in [5, 5.41) is 5.06. The molecule has 1 heterocycles. The normalized spacial score (nSPS) is 14.2. The molecule has 0 saturated heterocycles. The number of carbonyl (C=O) groups is 1. The van der Waals surface area contributed by atoms with Crippen molar-refractivity contribution >= 4 is 17.2 Å². The highest BCUT2D eigenvalue weighted by Crippen LogP contribution is 2.15. The van der Waals surface area contributed by atoms with Gasteiger partial charge in [0.15, 0.2) is 0 Å². The summed E-state index contributed by atoms with van der Waals surface area (Å²) in [6.45, 7) is 6.71. The van der Waals surface area contributed by atoms with E-state index in [4.69, 9.17) is 5.73 Å². The van der Waals surface area contributed by atoms with E-state index >= 15 is 0 Å². The van der Waals surface area contributed by atoms with Crippen molar-refractivity contribution in [2.75, 3.05) is 0 Å². The summed E-state index contributed by atoms with van der Waals surface area (Å²) in [6, 6.07) is 2.31. The number of carbonyl (C=O) groups excluding carboxylic acids is 1. The van der Waals surface area contributed by atoms with Crippen molar-refractivity contribution in [3.8, 4) is 0 Å². The highest BCUT2D eigenvalue weighted by atomic mass is 32.1. The van der Waals surface area contributed by atoms with Crippen molar-refractivity contribution in [1.82, 2.24) is 5.32 Å². The van der Waals surface area contributed by atoms with Gasteiger partial charge in [0.05, 0.1) is 6.54 Å². The molecule has 0 saturated carbocycles. The van der Waals surface area contributed by atoms with Crippen LogP contribution in [-0.2, 0) is 11.3 Å². The zero-order chi connectivity index (χ0) is 13.5. The predicted molar refractivity (Wildman–Crippen MR) is 77.6 cm³/mol. The maximum Gasteiger partial charge on any atom is 0.223 e. The minimum absolute atomic E-state index is 0.0732. The molecule has 1 amide bonds. The van der Waals surface area contributed by atoms with Crippen LogP contribution in [0.2, 0.25) is 0 Å². The molecule has 0 radical (unpaired) electrons. The molecule has 1 aromatic heterocycles. The first-order valence-corrected chi connectivity index (χ1v) is 7.45. The number of nitrogens with two attached hydrogens (primary N) is 1. The Balaban J connectivity index is 2.25. The van der Waals surface area contributed by atoms with Crippen molar-refractivity contribution in [2.45, 2.75) is 52.6 Å². The molecule has 102 valence electrons. The molecule has 0 spiro atoms. The maximum absolute atomic E-state index is 11.9. The standard InChI is InChI=1S/C14H24N2OS/c1-10-7-8-18-13(10)9-16-14(17)11(2)5-4-6-12(3)15/h7-8,11-12H,4-6,9,15H2,1-3H3,(H,16,17). The van der Waals surface area contributed by atoms with Crippen LogP contribution in [0.1, 0.15) is 43.6 Å². The van der Waals surface area contributed by atoms with E-state index in [1.807, 2.05) is 13.8 Å². The van der Waals surface area contributed by atoms with Crippen LogP contribution in [0.25, 0.3) is 0 Å². The summed E-state index contributed by atoms with van der Waals surface area (Å²) < 4.78 is 0. The lowest BCUT2D eigenvalue weighted by Crippen LogP contribution is -2.28. The zero-order valence-electron chi connectivity index (χ0n) is 11.5. The first kappa shape index (κ1) is 15.2. The van der Waals surface area contributed by atoms with Crippen LogP contribution in [0.4, 0.5) is 0 Å². The van der Waals surface area contributed by atoms with Crippen molar-refractivity contribution in [3.63, 3.8) is 0 Å². The number of aryl methyl sites for hydroxylation is 1. The minimum Gasteiger partial charge on any atom is -0.351 e. The number of rotatable bonds is 7. The third-order valence-electron chi connectivity index (χ3n) is 3.14. The first-order chi connectivity index (χ1) is 8.50. The van der Waals surface area contributed by atoms with Gasteiger partial charge in [-0.05, 0) is 43.7 Å². The Bertz CT molecular complexity index is 374. The van der Waals surface area contributed by atoms with Gasteiger partial charge in [-0.1, -0.05) is 13.3 Å². The van der Waals surface area contributed by atoms with Crippen molar-refractivity contribution in [1.29, 1.82) is 0 Å². The molecule has 1 aromatic rings. The van der Waals surface area contributed by atoms with E-state index in [1.54, 1.807) is 11.3 Å². The molecule has 0 aromatic carbocycles. The molecular formula is C14H24N2OS. The van der Waals surface area contributed by atoms with E-state index < -0.39 is 0 Å². The van der Waals surface area contributed by atoms with E-state index in [1.165, 1.54) is 10.4 Å². The summed E-state index contributed by atoms with van der Waals surface area (Å²) in [5.74, 6) is 0.219. The Morgan fingerprint density at radius 1 is 1.44 bits per heavy atom. The van der Waals surface area contributed by atoms with Gasteiger partial charge in [0.2, 0.25) is 5.91 Å². The molecule has 2 atom stereocenters. The summed E-state index contributed by atoms with van der Waals surface area (Å²) in [5.41, 5.74) is 6.95. The Labute approximate surface area is 114 Å². The average molecular weight is 268 g/mol. The number of amides is 1. The van der Waals surface area contributed by atoms with Gasteiger partial charge in [-0.15, -0.1) is 11.3 Å². The smallest absolute Gasteiger partial charge is 0.223 e. The Hall–Kier alpha value is -0.870. The van der Waals surface area contributed by atoms with Crippen molar-refractivity contribution in [2.24, 2.45) is 11.7 Å². The van der Waals surface area contributed by atoms with Crippen LogP contribution in [0, 0.1) is 12.8 Å². The van der Waals surface area contributed by atoms with E-state index in [-0.39, 0.29) is 17.9 Å². The van der Waals surface area contributed by atoms with Crippen molar-refractivity contribution < 1.29 is 4.79 Å². The molecule has 18 heavy (non-hydrogen) atoms. The van der Waals surface area contributed by atoms with Gasteiger partial charge in [0.1, 0.15) is 0 Å². The number of thiophene rings is 1. The van der Waals surface area contributed by atoms with Gasteiger partial charge in [0, 0.05) is 16.8 Å². The number of nitrogens with one attached hydrogen (secondary N) is 1. The topological polar surface area (TPSA) is 55.1 Å². The van der Waals surface area contributed by atoms with Crippen LogP contribution in [-0.4, -0.2) is 11.9 Å². The largest absolute Gasteiger partial charge is 0.351 e. The SMILES string of the molecule is Cc1ccsc1CNC(=O)C(C)CCCC(C)N. The third kappa shape index (κ3) is 5.19. The Kier molecular flexibility index (Phi) is 6.36. The molecule has 4 heteroatoms. The predicted octanol–water partition coefficient (Wildman–Crippen LogP) is 2.83. The van der Waals surface area contributed by atoms with Gasteiger partial charge < -0.3 is 11.1 Å². The lowest BCUT2D eigenvalue weighted by atomic mass is 10.0. The summed E-state index contributed by atoms with van der Waals surface area (Å²) in [6.07, 6.45) is 2.92. The zero-order valence-corrected chi connectivity index (χ0v) is 12.3. The fourth-order valence-electron chi connectivity index (χ4n) is 1.80. The third-order valence-corrected chi connectivity index (χ3v) is 4.16. The molecule has 0 aliphatic heterocycles. The molecule has 2 unspecified atom stereocenters. The van der Waals surface area contributed by atoms with Gasteiger partial charge in [-0.25, -0.2) is 0 Å². The van der Waals surface area contributed by atoms with Gasteiger partial charge >= 0.3 is 0 Å². The maximum atomic E-state index is 11.9. The molecule has 0 bridgehead atoms. The Morgan fingerprint density at radius 2 is 2.17 bits per heavy atom. The van der Waals surface area contributed by atoms with Gasteiger partial charge in [-0.3, -0.25) is 4.79 Å². The van der Waals surface area contributed by atoms with Crippen LogP contribution < -0.4 is 11.1 Å². The molecule has 0 aliphatic carbocycles. The number of hydrogen-bond acceptors (Lipinski definition) is 3.